The highest BCUT2D eigenvalue weighted by Crippen LogP contribution is 2.16. The van der Waals surface area contributed by atoms with Crippen LogP contribution in [0.2, 0.25) is 5.02 Å². The highest BCUT2D eigenvalue weighted by molar-refractivity contribution is 6.31. The molecule has 6 heteroatoms. The lowest BCUT2D eigenvalue weighted by molar-refractivity contribution is -0.971. The topological polar surface area (TPSA) is 55.9 Å². The Hall–Kier alpha value is -1.43. The molecule has 0 unspecified atom stereocenters. The number of rotatable bonds is 2. The maximum Gasteiger partial charge on any atom is 0.261 e. The van der Waals surface area contributed by atoms with Crippen LogP contribution in [-0.2, 0) is 7.05 Å². The smallest absolute Gasteiger partial charge is 0.261 e. The highest BCUT2D eigenvalue weighted by atomic mass is 35.5. The maximum absolute atomic E-state index is 12.5. The number of benzene rings is 1. The van der Waals surface area contributed by atoms with Crippen LogP contribution in [-0.4, -0.2) is 35.7 Å². The van der Waals surface area contributed by atoms with E-state index in [2.05, 4.69) is 12.2 Å². The number of halogens is 1. The Morgan fingerprint density at radius 3 is 2.81 bits per heavy atom. The van der Waals surface area contributed by atoms with Crippen LogP contribution in [0.15, 0.2) is 23.0 Å². The first-order chi connectivity index (χ1) is 10.1. The SMILES string of the molecule is C[C@H](c1nc2ccc(Cl)cc2c(=O)n1C)[NH+]1CC[NH2+]CC1. The first kappa shape index (κ1) is 14.5. The van der Waals surface area contributed by atoms with E-state index in [1.165, 1.54) is 4.90 Å². The van der Waals surface area contributed by atoms with Gasteiger partial charge in [0.2, 0.25) is 0 Å². The normalized spacial score (nSPS) is 18.0. The number of hydrogen-bond acceptors (Lipinski definition) is 2. The summed E-state index contributed by atoms with van der Waals surface area (Å²) in [7, 11) is 1.80. The summed E-state index contributed by atoms with van der Waals surface area (Å²) in [5, 5.41) is 3.49. The minimum absolute atomic E-state index is 0.0210. The second kappa shape index (κ2) is 5.75. The first-order valence-corrected chi connectivity index (χ1v) is 7.78. The van der Waals surface area contributed by atoms with Crippen LogP contribution in [0, 0.1) is 0 Å². The van der Waals surface area contributed by atoms with Crippen molar-refractivity contribution in [3.8, 4) is 0 Å². The predicted octanol–water partition coefficient (Wildman–Crippen LogP) is -0.890. The van der Waals surface area contributed by atoms with E-state index in [9.17, 15) is 4.79 Å². The van der Waals surface area contributed by atoms with Gasteiger partial charge in [0.15, 0.2) is 5.82 Å². The average molecular weight is 309 g/mol. The second-order valence-corrected chi connectivity index (χ2v) is 6.18. The zero-order valence-corrected chi connectivity index (χ0v) is 13.2. The summed E-state index contributed by atoms with van der Waals surface area (Å²) in [6.07, 6.45) is 0. The van der Waals surface area contributed by atoms with Gasteiger partial charge in [-0.15, -0.1) is 0 Å². The van der Waals surface area contributed by atoms with Crippen LogP contribution in [0.5, 0.6) is 0 Å². The summed E-state index contributed by atoms with van der Waals surface area (Å²) in [6.45, 7) is 6.64. The van der Waals surface area contributed by atoms with Crippen LogP contribution in [0.25, 0.3) is 10.9 Å². The van der Waals surface area contributed by atoms with Gasteiger partial charge >= 0.3 is 0 Å². The van der Waals surface area contributed by atoms with E-state index >= 15 is 0 Å². The van der Waals surface area contributed by atoms with Gasteiger partial charge in [-0.3, -0.25) is 9.36 Å². The quantitative estimate of drug-likeness (QED) is 0.756. The molecule has 1 aliphatic heterocycles. The van der Waals surface area contributed by atoms with Crippen LogP contribution in [0.1, 0.15) is 18.8 Å². The van der Waals surface area contributed by atoms with Crippen molar-refractivity contribution in [2.45, 2.75) is 13.0 Å². The van der Waals surface area contributed by atoms with Crippen molar-refractivity contribution in [1.29, 1.82) is 0 Å². The Labute approximate surface area is 128 Å². The third kappa shape index (κ3) is 2.69. The molecule has 0 aliphatic carbocycles. The number of aromatic nitrogens is 2. The number of quaternary nitrogens is 2. The molecule has 1 aliphatic rings. The molecule has 0 bridgehead atoms. The van der Waals surface area contributed by atoms with Gasteiger partial charge in [0.25, 0.3) is 5.56 Å². The van der Waals surface area contributed by atoms with Gasteiger partial charge in [-0.05, 0) is 25.1 Å². The summed E-state index contributed by atoms with van der Waals surface area (Å²) < 4.78 is 1.68. The lowest BCUT2D eigenvalue weighted by Crippen LogP contribution is -3.20. The van der Waals surface area contributed by atoms with Crippen molar-refractivity contribution in [2.24, 2.45) is 7.05 Å². The number of nitrogens with one attached hydrogen (secondary N) is 1. The molecule has 5 nitrogen and oxygen atoms in total. The number of piperazine rings is 1. The fraction of sp³-hybridized carbons (Fsp3) is 0.467. The molecule has 3 N–H and O–H groups in total. The van der Waals surface area contributed by atoms with E-state index in [0.29, 0.717) is 10.4 Å². The second-order valence-electron chi connectivity index (χ2n) is 5.74. The van der Waals surface area contributed by atoms with Crippen molar-refractivity contribution in [3.63, 3.8) is 0 Å². The molecule has 1 saturated heterocycles. The zero-order valence-electron chi connectivity index (χ0n) is 12.4. The highest BCUT2D eigenvalue weighted by Gasteiger charge is 2.27. The Bertz CT molecular complexity index is 721. The Morgan fingerprint density at radius 1 is 1.38 bits per heavy atom. The van der Waals surface area contributed by atoms with Crippen LogP contribution in [0.3, 0.4) is 0 Å². The minimum atomic E-state index is -0.0210. The number of fused-ring (bicyclic) bond motifs is 1. The lowest BCUT2D eigenvalue weighted by atomic mass is 10.2. The first-order valence-electron chi connectivity index (χ1n) is 7.40. The molecule has 112 valence electrons. The predicted molar refractivity (Wildman–Crippen MR) is 82.8 cm³/mol. The fourth-order valence-corrected chi connectivity index (χ4v) is 3.28. The third-order valence-electron chi connectivity index (χ3n) is 4.41. The molecule has 2 heterocycles. The monoisotopic (exact) mass is 308 g/mol. The Balaban J connectivity index is 2.08. The molecule has 0 spiro atoms. The molecular weight excluding hydrogens is 288 g/mol. The van der Waals surface area contributed by atoms with Gasteiger partial charge in [0.05, 0.1) is 10.9 Å². The molecular formula is C15H21ClN4O+2. The molecule has 1 fully saturated rings. The van der Waals surface area contributed by atoms with E-state index in [1.807, 2.05) is 6.07 Å². The molecule has 1 atom stereocenters. The summed E-state index contributed by atoms with van der Waals surface area (Å²) in [5.41, 5.74) is 0.708. The summed E-state index contributed by atoms with van der Waals surface area (Å²) in [5.74, 6) is 0.853. The van der Waals surface area contributed by atoms with Crippen molar-refractivity contribution in [3.05, 3.63) is 39.4 Å². The van der Waals surface area contributed by atoms with Gasteiger partial charge in [0.1, 0.15) is 32.2 Å². The van der Waals surface area contributed by atoms with Gasteiger partial charge in [-0.2, -0.15) is 0 Å². The van der Waals surface area contributed by atoms with E-state index < -0.39 is 0 Å². The molecule has 3 rings (SSSR count). The molecule has 0 radical (unpaired) electrons. The van der Waals surface area contributed by atoms with Crippen LogP contribution < -0.4 is 15.8 Å². The molecule has 21 heavy (non-hydrogen) atoms. The third-order valence-corrected chi connectivity index (χ3v) is 4.65. The van der Waals surface area contributed by atoms with Crippen LogP contribution >= 0.6 is 11.6 Å². The van der Waals surface area contributed by atoms with Crippen molar-refractivity contribution >= 4 is 22.5 Å². The number of hydrogen-bond donors (Lipinski definition) is 2. The van der Waals surface area contributed by atoms with Gasteiger partial charge in [-0.1, -0.05) is 11.6 Å². The van der Waals surface area contributed by atoms with E-state index in [4.69, 9.17) is 16.6 Å². The zero-order chi connectivity index (χ0) is 15.0. The fourth-order valence-electron chi connectivity index (χ4n) is 3.11. The molecule has 0 amide bonds. The summed E-state index contributed by atoms with van der Waals surface area (Å²) in [6, 6.07) is 5.53. The largest absolute Gasteiger partial charge is 0.337 e. The summed E-state index contributed by atoms with van der Waals surface area (Å²) >= 11 is 5.98. The molecule has 1 aromatic carbocycles. The van der Waals surface area contributed by atoms with E-state index in [1.54, 1.807) is 23.7 Å². The maximum atomic E-state index is 12.5. The van der Waals surface area contributed by atoms with E-state index in [-0.39, 0.29) is 11.6 Å². The van der Waals surface area contributed by atoms with Crippen molar-refractivity contribution < 1.29 is 10.2 Å². The lowest BCUT2D eigenvalue weighted by Gasteiger charge is -2.28. The molecule has 0 saturated carbocycles. The number of nitrogens with zero attached hydrogens (tertiary/aromatic N) is 2. The standard InChI is InChI=1S/C15H19ClN4O/c1-10(20-7-5-17-6-8-20)14-18-13-4-3-11(16)9-12(13)15(21)19(14)2/h3-4,9-10,17H,5-8H2,1-2H3/p+2/t10-/m1/s1. The van der Waals surface area contributed by atoms with Gasteiger partial charge < -0.3 is 10.2 Å². The van der Waals surface area contributed by atoms with Crippen molar-refractivity contribution in [1.82, 2.24) is 9.55 Å². The molecule has 1 aromatic heterocycles. The average Bonchev–Trinajstić information content (AvgIpc) is 2.51. The van der Waals surface area contributed by atoms with Crippen molar-refractivity contribution in [2.75, 3.05) is 26.2 Å². The Kier molecular flexibility index (Phi) is 3.97. The van der Waals surface area contributed by atoms with Crippen LogP contribution in [0.4, 0.5) is 0 Å². The number of nitrogens with two attached hydrogens (primary N) is 1. The van der Waals surface area contributed by atoms with E-state index in [0.717, 1.165) is 37.5 Å². The minimum Gasteiger partial charge on any atom is -0.337 e. The Morgan fingerprint density at radius 2 is 2.10 bits per heavy atom. The van der Waals surface area contributed by atoms with Gasteiger partial charge in [0, 0.05) is 12.1 Å². The van der Waals surface area contributed by atoms with Gasteiger partial charge in [-0.25, -0.2) is 4.98 Å². The molecule has 2 aromatic rings. The summed E-state index contributed by atoms with van der Waals surface area (Å²) in [4.78, 5) is 18.8.